The fourth-order valence-corrected chi connectivity index (χ4v) is 1.97. The third-order valence-electron chi connectivity index (χ3n) is 3.26. The van der Waals surface area contributed by atoms with Gasteiger partial charge in [-0.15, -0.1) is 0 Å². The zero-order valence-electron chi connectivity index (χ0n) is 10.2. The Morgan fingerprint density at radius 1 is 1.35 bits per heavy atom. The van der Waals surface area contributed by atoms with Crippen LogP contribution in [0.4, 0.5) is 0 Å². The lowest BCUT2D eigenvalue weighted by Gasteiger charge is -2.12. The predicted octanol–water partition coefficient (Wildman–Crippen LogP) is 0.0355. The van der Waals surface area contributed by atoms with Crippen LogP contribution in [0.1, 0.15) is 25.7 Å². The Bertz CT molecular complexity index is 256. The third-order valence-corrected chi connectivity index (χ3v) is 3.26. The van der Waals surface area contributed by atoms with Gasteiger partial charge < -0.3 is 20.5 Å². The van der Waals surface area contributed by atoms with Gasteiger partial charge in [0.15, 0.2) is 0 Å². The summed E-state index contributed by atoms with van der Waals surface area (Å²) < 4.78 is 10.9. The smallest absolute Gasteiger partial charge is 0.249 e. The van der Waals surface area contributed by atoms with Crippen molar-refractivity contribution in [3.8, 4) is 0 Å². The number of nitrogens with two attached hydrogens (primary N) is 1. The molecule has 1 amide bonds. The van der Waals surface area contributed by atoms with Crippen LogP contribution < -0.4 is 11.1 Å². The molecule has 2 fully saturated rings. The lowest BCUT2D eigenvalue weighted by Crippen LogP contribution is -2.37. The van der Waals surface area contributed by atoms with Gasteiger partial charge in [-0.2, -0.15) is 0 Å². The molecule has 1 saturated heterocycles. The van der Waals surface area contributed by atoms with E-state index in [0.717, 1.165) is 25.4 Å². The van der Waals surface area contributed by atoms with Gasteiger partial charge in [-0.25, -0.2) is 0 Å². The molecule has 0 aromatic carbocycles. The van der Waals surface area contributed by atoms with Gasteiger partial charge in [0.25, 0.3) is 0 Å². The van der Waals surface area contributed by atoms with Gasteiger partial charge in [-0.1, -0.05) is 0 Å². The minimum Gasteiger partial charge on any atom is -0.379 e. The van der Waals surface area contributed by atoms with Crippen LogP contribution in [-0.4, -0.2) is 44.4 Å². The zero-order valence-corrected chi connectivity index (χ0v) is 10.2. The van der Waals surface area contributed by atoms with Gasteiger partial charge in [0.05, 0.1) is 12.7 Å². The van der Waals surface area contributed by atoms with Gasteiger partial charge in [-0.05, 0) is 31.6 Å². The molecule has 1 aliphatic carbocycles. The van der Waals surface area contributed by atoms with Crippen molar-refractivity contribution in [3.63, 3.8) is 0 Å². The van der Waals surface area contributed by atoms with Gasteiger partial charge in [0.2, 0.25) is 5.91 Å². The van der Waals surface area contributed by atoms with E-state index in [9.17, 15) is 4.79 Å². The summed E-state index contributed by atoms with van der Waals surface area (Å²) in [7, 11) is 0. The molecular weight excluding hydrogens is 220 g/mol. The lowest BCUT2D eigenvalue weighted by atomic mass is 10.2. The van der Waals surface area contributed by atoms with Crippen molar-refractivity contribution in [1.82, 2.24) is 5.32 Å². The summed E-state index contributed by atoms with van der Waals surface area (Å²) in [4.78, 5) is 11.7. The van der Waals surface area contributed by atoms with Crippen LogP contribution in [0.15, 0.2) is 0 Å². The molecule has 1 saturated carbocycles. The van der Waals surface area contributed by atoms with Gasteiger partial charge in [0.1, 0.15) is 6.10 Å². The van der Waals surface area contributed by atoms with Crippen LogP contribution in [0.2, 0.25) is 0 Å². The maximum Gasteiger partial charge on any atom is 0.249 e. The average Bonchev–Trinajstić information content (AvgIpc) is 3.03. The van der Waals surface area contributed by atoms with E-state index in [2.05, 4.69) is 5.32 Å². The van der Waals surface area contributed by atoms with Crippen molar-refractivity contribution in [1.29, 1.82) is 0 Å². The second-order valence-electron chi connectivity index (χ2n) is 4.87. The highest BCUT2D eigenvalue weighted by Gasteiger charge is 2.29. The van der Waals surface area contributed by atoms with Crippen LogP contribution >= 0.6 is 0 Å². The minimum atomic E-state index is -0.313. The summed E-state index contributed by atoms with van der Waals surface area (Å²) in [6.45, 7) is 2.49. The second-order valence-corrected chi connectivity index (χ2v) is 4.87. The highest BCUT2D eigenvalue weighted by molar-refractivity contribution is 5.80. The monoisotopic (exact) mass is 242 g/mol. The van der Waals surface area contributed by atoms with Crippen LogP contribution in [0.5, 0.6) is 0 Å². The highest BCUT2D eigenvalue weighted by atomic mass is 16.5. The number of hydrogen-bond donors (Lipinski definition) is 2. The van der Waals surface area contributed by atoms with E-state index in [1.54, 1.807) is 0 Å². The van der Waals surface area contributed by atoms with Gasteiger partial charge in [0, 0.05) is 19.7 Å². The molecule has 5 nitrogen and oxygen atoms in total. The molecule has 0 bridgehead atoms. The zero-order chi connectivity index (χ0) is 12.1. The van der Waals surface area contributed by atoms with E-state index < -0.39 is 0 Å². The Morgan fingerprint density at radius 3 is 2.82 bits per heavy atom. The molecule has 0 unspecified atom stereocenters. The molecule has 2 atom stereocenters. The molecule has 2 aliphatic rings. The maximum atomic E-state index is 11.7. The van der Waals surface area contributed by atoms with E-state index in [4.69, 9.17) is 15.2 Å². The van der Waals surface area contributed by atoms with Gasteiger partial charge in [-0.3, -0.25) is 4.79 Å². The van der Waals surface area contributed by atoms with Crippen molar-refractivity contribution < 1.29 is 14.3 Å². The number of ether oxygens (including phenoxy) is 2. The largest absolute Gasteiger partial charge is 0.379 e. The molecule has 17 heavy (non-hydrogen) atoms. The van der Waals surface area contributed by atoms with Crippen molar-refractivity contribution in [2.75, 3.05) is 26.3 Å². The molecule has 2 rings (SSSR count). The van der Waals surface area contributed by atoms with Crippen molar-refractivity contribution in [3.05, 3.63) is 0 Å². The SMILES string of the molecule is NC[C@H]1CC[C@@H](C(=O)NCCOCC2CC2)O1. The van der Waals surface area contributed by atoms with E-state index in [0.29, 0.717) is 19.7 Å². The molecule has 0 aromatic rings. The fourth-order valence-electron chi connectivity index (χ4n) is 1.97. The van der Waals surface area contributed by atoms with E-state index >= 15 is 0 Å². The van der Waals surface area contributed by atoms with Crippen molar-refractivity contribution in [2.24, 2.45) is 11.7 Å². The number of carbonyl (C=O) groups is 1. The second kappa shape index (κ2) is 6.33. The van der Waals surface area contributed by atoms with Crippen LogP contribution in [-0.2, 0) is 14.3 Å². The molecule has 1 heterocycles. The fraction of sp³-hybridized carbons (Fsp3) is 0.917. The van der Waals surface area contributed by atoms with Gasteiger partial charge >= 0.3 is 0 Å². The van der Waals surface area contributed by atoms with E-state index in [1.165, 1.54) is 12.8 Å². The van der Waals surface area contributed by atoms with Crippen LogP contribution in [0.3, 0.4) is 0 Å². The Hall–Kier alpha value is -0.650. The summed E-state index contributed by atoms with van der Waals surface area (Å²) in [5.41, 5.74) is 5.49. The Labute approximate surface area is 102 Å². The number of rotatable bonds is 7. The molecule has 3 N–H and O–H groups in total. The first-order valence-corrected chi connectivity index (χ1v) is 6.50. The topological polar surface area (TPSA) is 73.6 Å². The molecule has 98 valence electrons. The van der Waals surface area contributed by atoms with E-state index in [-0.39, 0.29) is 18.1 Å². The first-order valence-electron chi connectivity index (χ1n) is 6.50. The summed E-state index contributed by atoms with van der Waals surface area (Å²) in [5, 5.41) is 2.83. The first kappa shape index (κ1) is 12.8. The quantitative estimate of drug-likeness (QED) is 0.618. The number of hydrogen-bond acceptors (Lipinski definition) is 4. The van der Waals surface area contributed by atoms with E-state index in [1.807, 2.05) is 0 Å². The highest BCUT2D eigenvalue weighted by Crippen LogP contribution is 2.28. The first-order chi connectivity index (χ1) is 8.29. The molecule has 1 aliphatic heterocycles. The minimum absolute atomic E-state index is 0.0315. The van der Waals surface area contributed by atoms with Crippen molar-refractivity contribution >= 4 is 5.91 Å². The maximum absolute atomic E-state index is 11.7. The Morgan fingerprint density at radius 2 is 2.18 bits per heavy atom. The molecule has 5 heteroatoms. The molecule has 0 aromatic heterocycles. The summed E-state index contributed by atoms with van der Waals surface area (Å²) in [6.07, 6.45) is 3.98. The predicted molar refractivity (Wildman–Crippen MR) is 63.5 cm³/mol. The summed E-state index contributed by atoms with van der Waals surface area (Å²) in [5.74, 6) is 0.741. The van der Waals surface area contributed by atoms with Crippen LogP contribution in [0.25, 0.3) is 0 Å². The summed E-state index contributed by atoms with van der Waals surface area (Å²) in [6, 6.07) is 0. The lowest BCUT2D eigenvalue weighted by molar-refractivity contribution is -0.132. The molecular formula is C12H22N2O3. The molecule has 0 radical (unpaired) electrons. The molecule has 0 spiro atoms. The number of amides is 1. The summed E-state index contributed by atoms with van der Waals surface area (Å²) >= 11 is 0. The Balaban J connectivity index is 1.51. The number of nitrogens with one attached hydrogen (secondary N) is 1. The standard InChI is InChI=1S/C12H22N2O3/c13-7-10-3-4-11(17-10)12(15)14-5-6-16-8-9-1-2-9/h9-11H,1-8,13H2,(H,14,15)/t10-,11+/m1/s1. The third kappa shape index (κ3) is 4.26. The average molecular weight is 242 g/mol. The normalized spacial score (nSPS) is 28.3. The van der Waals surface area contributed by atoms with Crippen LogP contribution in [0, 0.1) is 5.92 Å². The van der Waals surface area contributed by atoms with Crippen molar-refractivity contribution in [2.45, 2.75) is 37.9 Å². The Kier molecular flexibility index (Phi) is 4.76. The number of carbonyl (C=O) groups excluding carboxylic acids is 1.